The Morgan fingerprint density at radius 2 is 1.89 bits per heavy atom. The van der Waals surface area contributed by atoms with Gasteiger partial charge >= 0.3 is 0 Å². The molecule has 0 N–H and O–H groups in total. The molecular formula is C15H24N2O. The molecule has 1 heterocycles. The van der Waals surface area contributed by atoms with E-state index in [2.05, 4.69) is 46.6 Å². The van der Waals surface area contributed by atoms with Crippen molar-refractivity contribution in [2.24, 2.45) is 16.7 Å². The molecule has 0 spiro atoms. The van der Waals surface area contributed by atoms with Gasteiger partial charge in [-0.1, -0.05) is 27.7 Å². The maximum absolute atomic E-state index is 12.3. The van der Waals surface area contributed by atoms with E-state index in [4.69, 9.17) is 0 Å². The van der Waals surface area contributed by atoms with Crippen molar-refractivity contribution < 1.29 is 4.79 Å². The third-order valence-corrected chi connectivity index (χ3v) is 4.89. The standard InChI is InChI=1S/C15H24N2O/c1-10(2)17-8-7-11(16-17)9-12(18)13-14(3,4)15(13,5)6/h7-8,10,13H,9H2,1-6H3. The fourth-order valence-electron chi connectivity index (χ4n) is 3.04. The lowest BCUT2D eigenvalue weighted by Gasteiger charge is -2.04. The molecule has 18 heavy (non-hydrogen) atoms. The van der Waals surface area contributed by atoms with Crippen LogP contribution in [0.15, 0.2) is 12.3 Å². The summed E-state index contributed by atoms with van der Waals surface area (Å²) in [5, 5.41) is 4.45. The fourth-order valence-corrected chi connectivity index (χ4v) is 3.04. The predicted molar refractivity (Wildman–Crippen MR) is 72.4 cm³/mol. The second-order valence-corrected chi connectivity index (χ2v) is 6.90. The van der Waals surface area contributed by atoms with Crippen molar-refractivity contribution in [3.8, 4) is 0 Å². The second-order valence-electron chi connectivity index (χ2n) is 6.90. The SMILES string of the molecule is CC(C)n1ccc(CC(=O)C2C(C)(C)C2(C)C)n1. The van der Waals surface area contributed by atoms with Crippen LogP contribution in [0.5, 0.6) is 0 Å². The number of aromatic nitrogens is 2. The number of carbonyl (C=O) groups is 1. The van der Waals surface area contributed by atoms with Gasteiger partial charge in [0.1, 0.15) is 5.78 Å². The number of hydrogen-bond donors (Lipinski definition) is 0. The second kappa shape index (κ2) is 3.94. The van der Waals surface area contributed by atoms with Gasteiger partial charge in [-0.25, -0.2) is 0 Å². The van der Waals surface area contributed by atoms with Crippen LogP contribution >= 0.6 is 0 Å². The fraction of sp³-hybridized carbons (Fsp3) is 0.733. The zero-order chi connectivity index (χ0) is 13.7. The summed E-state index contributed by atoms with van der Waals surface area (Å²) in [6.45, 7) is 12.9. The monoisotopic (exact) mass is 248 g/mol. The summed E-state index contributed by atoms with van der Waals surface area (Å²) in [6.07, 6.45) is 2.42. The van der Waals surface area contributed by atoms with Crippen molar-refractivity contribution in [1.82, 2.24) is 9.78 Å². The number of Topliss-reactive ketones (excluding diaryl/α,β-unsaturated/α-hetero) is 1. The minimum Gasteiger partial charge on any atom is -0.299 e. The van der Waals surface area contributed by atoms with Crippen LogP contribution in [0.25, 0.3) is 0 Å². The predicted octanol–water partition coefficient (Wildman–Crippen LogP) is 3.26. The molecule has 0 unspecified atom stereocenters. The molecule has 0 amide bonds. The van der Waals surface area contributed by atoms with E-state index in [1.807, 2.05) is 16.9 Å². The summed E-state index contributed by atoms with van der Waals surface area (Å²) in [5.41, 5.74) is 1.15. The van der Waals surface area contributed by atoms with E-state index in [0.29, 0.717) is 18.2 Å². The average molecular weight is 248 g/mol. The van der Waals surface area contributed by atoms with E-state index >= 15 is 0 Å². The first-order valence-corrected chi connectivity index (χ1v) is 6.74. The van der Waals surface area contributed by atoms with Crippen molar-refractivity contribution in [3.63, 3.8) is 0 Å². The molecule has 1 aliphatic rings. The van der Waals surface area contributed by atoms with Crippen LogP contribution in [-0.4, -0.2) is 15.6 Å². The van der Waals surface area contributed by atoms with Crippen LogP contribution in [0.1, 0.15) is 53.3 Å². The average Bonchev–Trinajstić information content (AvgIpc) is 2.60. The summed E-state index contributed by atoms with van der Waals surface area (Å²) in [6, 6.07) is 2.31. The Morgan fingerprint density at radius 3 is 2.28 bits per heavy atom. The molecule has 0 atom stereocenters. The Hall–Kier alpha value is -1.12. The molecule has 3 nitrogen and oxygen atoms in total. The molecule has 0 bridgehead atoms. The molecule has 1 fully saturated rings. The van der Waals surface area contributed by atoms with Gasteiger partial charge < -0.3 is 0 Å². The van der Waals surface area contributed by atoms with Crippen molar-refractivity contribution in [1.29, 1.82) is 0 Å². The lowest BCUT2D eigenvalue weighted by Crippen LogP contribution is -2.11. The van der Waals surface area contributed by atoms with Crippen LogP contribution in [-0.2, 0) is 11.2 Å². The van der Waals surface area contributed by atoms with E-state index < -0.39 is 0 Å². The number of nitrogens with zero attached hydrogens (tertiary/aromatic N) is 2. The van der Waals surface area contributed by atoms with Gasteiger partial charge in [-0.3, -0.25) is 9.48 Å². The molecule has 100 valence electrons. The minimum atomic E-state index is 0.130. The highest BCUT2D eigenvalue weighted by Crippen LogP contribution is 2.68. The molecule has 0 saturated heterocycles. The third kappa shape index (κ3) is 1.90. The molecule has 1 saturated carbocycles. The smallest absolute Gasteiger partial charge is 0.143 e. The van der Waals surface area contributed by atoms with Crippen LogP contribution in [0.3, 0.4) is 0 Å². The van der Waals surface area contributed by atoms with Gasteiger partial charge in [0.15, 0.2) is 0 Å². The summed E-state index contributed by atoms with van der Waals surface area (Å²) in [5.74, 6) is 0.508. The molecule has 0 aliphatic heterocycles. The van der Waals surface area contributed by atoms with Crippen LogP contribution in [0.4, 0.5) is 0 Å². The highest BCUT2D eigenvalue weighted by Gasteiger charge is 2.67. The summed E-state index contributed by atoms with van der Waals surface area (Å²) < 4.78 is 1.91. The zero-order valence-electron chi connectivity index (χ0n) is 12.3. The maximum atomic E-state index is 12.3. The van der Waals surface area contributed by atoms with Crippen molar-refractivity contribution >= 4 is 5.78 Å². The highest BCUT2D eigenvalue weighted by molar-refractivity contribution is 5.87. The number of ketones is 1. The molecule has 0 aromatic carbocycles. The summed E-state index contributed by atoms with van der Waals surface area (Å²) in [4.78, 5) is 12.3. The Labute approximate surface area is 110 Å². The van der Waals surface area contributed by atoms with Gasteiger partial charge in [0, 0.05) is 18.2 Å². The molecule has 1 aromatic heterocycles. The Bertz CT molecular complexity index is 455. The molecule has 3 heteroatoms. The largest absolute Gasteiger partial charge is 0.299 e. The van der Waals surface area contributed by atoms with Crippen molar-refractivity contribution in [2.75, 3.05) is 0 Å². The lowest BCUT2D eigenvalue weighted by molar-refractivity contribution is -0.120. The minimum absolute atomic E-state index is 0.130. The summed E-state index contributed by atoms with van der Waals surface area (Å²) in [7, 11) is 0. The Kier molecular flexibility index (Phi) is 2.91. The number of hydrogen-bond acceptors (Lipinski definition) is 2. The Balaban J connectivity index is 2.05. The highest BCUT2D eigenvalue weighted by atomic mass is 16.1. The van der Waals surface area contributed by atoms with E-state index in [1.165, 1.54) is 0 Å². The van der Waals surface area contributed by atoms with Crippen LogP contribution < -0.4 is 0 Å². The van der Waals surface area contributed by atoms with Crippen molar-refractivity contribution in [3.05, 3.63) is 18.0 Å². The summed E-state index contributed by atoms with van der Waals surface area (Å²) >= 11 is 0. The molecule has 1 aliphatic carbocycles. The maximum Gasteiger partial charge on any atom is 0.143 e. The normalized spacial score (nSPS) is 21.3. The third-order valence-electron chi connectivity index (χ3n) is 4.89. The van der Waals surface area contributed by atoms with E-state index in [9.17, 15) is 4.79 Å². The first-order chi connectivity index (χ1) is 8.18. The molecular weight excluding hydrogens is 224 g/mol. The first-order valence-electron chi connectivity index (χ1n) is 6.74. The van der Waals surface area contributed by atoms with Gasteiger partial charge in [-0.05, 0) is 30.7 Å². The van der Waals surface area contributed by atoms with Gasteiger partial charge in [0.05, 0.1) is 12.1 Å². The zero-order valence-corrected chi connectivity index (χ0v) is 12.3. The topological polar surface area (TPSA) is 34.9 Å². The van der Waals surface area contributed by atoms with Crippen molar-refractivity contribution in [2.45, 2.75) is 54.0 Å². The van der Waals surface area contributed by atoms with Gasteiger partial charge in [-0.15, -0.1) is 0 Å². The lowest BCUT2D eigenvalue weighted by atomic mass is 10.0. The number of carbonyl (C=O) groups excluding carboxylic acids is 1. The quantitative estimate of drug-likeness (QED) is 0.819. The van der Waals surface area contributed by atoms with Crippen LogP contribution in [0.2, 0.25) is 0 Å². The molecule has 1 aromatic rings. The molecule has 0 radical (unpaired) electrons. The van der Waals surface area contributed by atoms with Gasteiger partial charge in [0.25, 0.3) is 0 Å². The van der Waals surface area contributed by atoms with Crippen LogP contribution in [0, 0.1) is 16.7 Å². The van der Waals surface area contributed by atoms with E-state index in [1.54, 1.807) is 0 Å². The van der Waals surface area contributed by atoms with Gasteiger partial charge in [-0.2, -0.15) is 5.10 Å². The first kappa shape index (κ1) is 13.3. The Morgan fingerprint density at radius 1 is 1.33 bits per heavy atom. The van der Waals surface area contributed by atoms with E-state index in [0.717, 1.165) is 5.69 Å². The molecule has 2 rings (SSSR count). The number of rotatable bonds is 4. The van der Waals surface area contributed by atoms with E-state index in [-0.39, 0.29) is 16.7 Å². The van der Waals surface area contributed by atoms with Gasteiger partial charge in [0.2, 0.25) is 0 Å².